The Balaban J connectivity index is 0. The van der Waals surface area contributed by atoms with Crippen LogP contribution < -0.4 is 0 Å². The van der Waals surface area contributed by atoms with Gasteiger partial charge in [-0.2, -0.15) is 0 Å². The van der Waals surface area contributed by atoms with Gasteiger partial charge in [0.2, 0.25) is 12.1 Å². The van der Waals surface area contributed by atoms with Gasteiger partial charge < -0.3 is 15.1 Å². The van der Waals surface area contributed by atoms with Crippen molar-refractivity contribution in [2.75, 3.05) is 6.54 Å². The molecule has 5 nitrogen and oxygen atoms in total. The van der Waals surface area contributed by atoms with E-state index in [1.54, 1.807) is 0 Å². The molecule has 2 N–H and O–H groups in total. The van der Waals surface area contributed by atoms with Gasteiger partial charge in [-0.05, 0) is 0 Å². The molecule has 1 atom stereocenters. The second-order valence-electron chi connectivity index (χ2n) is 2.05. The fourth-order valence-corrected chi connectivity index (χ4v) is 0.724. The van der Waals surface area contributed by atoms with Crippen LogP contribution in [0.2, 0.25) is 0 Å². The highest BCUT2D eigenvalue weighted by Gasteiger charge is 2.33. The zero-order valence-corrected chi connectivity index (χ0v) is 12.2. The summed E-state index contributed by atoms with van der Waals surface area (Å²) < 4.78 is 0. The van der Waals surface area contributed by atoms with Crippen LogP contribution in [0.1, 0.15) is 20.3 Å². The van der Waals surface area contributed by atoms with Crippen molar-refractivity contribution in [3.8, 4) is 0 Å². The van der Waals surface area contributed by atoms with Crippen LogP contribution in [0, 0.1) is 0 Å². The lowest BCUT2D eigenvalue weighted by Crippen LogP contribution is -2.53. The molecule has 1 rings (SSSR count). The standard InChI is InChI=1S/C5H7NO4.C2H6.I2/c7-3-1-2-6(3)4(8)5(9)10;2*1-2/h4,8H,1-2H2,(H,9,10);1-2H3;. The Bertz CT molecular complexity index is 181. The molecule has 0 aliphatic carbocycles. The molecule has 1 fully saturated rings. The van der Waals surface area contributed by atoms with E-state index in [9.17, 15) is 9.59 Å². The molecule has 0 radical (unpaired) electrons. The van der Waals surface area contributed by atoms with Crippen molar-refractivity contribution in [2.45, 2.75) is 26.5 Å². The molecule has 0 aromatic carbocycles. The smallest absolute Gasteiger partial charge is 0.354 e. The molecule has 0 spiro atoms. The fourth-order valence-electron chi connectivity index (χ4n) is 0.724. The zero-order valence-electron chi connectivity index (χ0n) is 7.91. The van der Waals surface area contributed by atoms with Gasteiger partial charge in [0.15, 0.2) is 0 Å². The van der Waals surface area contributed by atoms with E-state index in [4.69, 9.17) is 10.2 Å². The predicted molar refractivity (Wildman–Crippen MR) is 69.4 cm³/mol. The van der Waals surface area contributed by atoms with Crippen molar-refractivity contribution < 1.29 is 19.8 Å². The molecule has 1 amide bonds. The van der Waals surface area contributed by atoms with Gasteiger partial charge in [0.1, 0.15) is 0 Å². The molecule has 7 heteroatoms. The number of aliphatic hydroxyl groups excluding tert-OH is 1. The molecule has 1 aliphatic rings. The number of aliphatic carboxylic acids is 1. The van der Waals surface area contributed by atoms with E-state index in [2.05, 4.69) is 37.2 Å². The topological polar surface area (TPSA) is 77.8 Å². The maximum atomic E-state index is 10.5. The van der Waals surface area contributed by atoms with E-state index in [1.165, 1.54) is 0 Å². The van der Waals surface area contributed by atoms with E-state index < -0.39 is 12.2 Å². The Morgan fingerprint density at radius 3 is 2.00 bits per heavy atom. The van der Waals surface area contributed by atoms with Crippen LogP contribution in [0.25, 0.3) is 0 Å². The number of carbonyl (C=O) groups excluding carboxylic acids is 1. The van der Waals surface area contributed by atoms with Gasteiger partial charge in [-0.1, -0.05) is 13.8 Å². The van der Waals surface area contributed by atoms with Gasteiger partial charge in [0.25, 0.3) is 0 Å². The predicted octanol–water partition coefficient (Wildman–Crippen LogP) is 1.42. The summed E-state index contributed by atoms with van der Waals surface area (Å²) in [5.74, 6) is -1.69. The van der Waals surface area contributed by atoms with Crippen LogP contribution in [0.3, 0.4) is 0 Å². The average molecular weight is 429 g/mol. The number of halogens is 2. The molecular formula is C7H13I2NO4. The molecule has 0 saturated carbocycles. The Morgan fingerprint density at radius 1 is 1.50 bits per heavy atom. The first-order valence-corrected chi connectivity index (χ1v) is 10.3. The highest BCUT2D eigenvalue weighted by Crippen LogP contribution is 2.11. The number of carbonyl (C=O) groups is 2. The summed E-state index contributed by atoms with van der Waals surface area (Å²) in [4.78, 5) is 21.4. The third-order valence-corrected chi connectivity index (χ3v) is 1.40. The molecule has 1 unspecified atom stereocenters. The molecule has 14 heavy (non-hydrogen) atoms. The van der Waals surface area contributed by atoms with Crippen LogP contribution in [-0.2, 0) is 9.59 Å². The minimum absolute atomic E-state index is 0.310. The zero-order chi connectivity index (χ0) is 11.7. The van der Waals surface area contributed by atoms with Crippen molar-refractivity contribution >= 4 is 49.1 Å². The first-order valence-electron chi connectivity index (χ1n) is 3.97. The van der Waals surface area contributed by atoms with Crippen LogP contribution in [0.4, 0.5) is 0 Å². The van der Waals surface area contributed by atoms with Crippen LogP contribution in [0.5, 0.6) is 0 Å². The minimum atomic E-state index is -1.65. The number of hydrogen-bond donors (Lipinski definition) is 2. The highest BCUT2D eigenvalue weighted by molar-refractivity contribution is 15.0. The number of carboxylic acids is 1. The van der Waals surface area contributed by atoms with Crippen LogP contribution in [-0.4, -0.2) is 39.8 Å². The van der Waals surface area contributed by atoms with Gasteiger partial charge in [0.05, 0.1) is 0 Å². The SMILES string of the molecule is CC.II.O=C(O)C(O)N1CCC1=O. The molecule has 1 heterocycles. The molecular weight excluding hydrogens is 416 g/mol. The van der Waals surface area contributed by atoms with Crippen molar-refractivity contribution in [3.63, 3.8) is 0 Å². The summed E-state index contributed by atoms with van der Waals surface area (Å²) in [6, 6.07) is 0. The third kappa shape index (κ3) is 5.29. The normalized spacial score (nSPS) is 15.2. The summed E-state index contributed by atoms with van der Waals surface area (Å²) in [5, 5.41) is 16.9. The van der Waals surface area contributed by atoms with Gasteiger partial charge in [-0.3, -0.25) is 4.79 Å². The minimum Gasteiger partial charge on any atom is -0.478 e. The van der Waals surface area contributed by atoms with Gasteiger partial charge in [-0.15, -0.1) is 0 Å². The number of rotatable bonds is 2. The first kappa shape index (κ1) is 16.8. The summed E-state index contributed by atoms with van der Waals surface area (Å²) in [6.07, 6.45) is -1.31. The van der Waals surface area contributed by atoms with Crippen LogP contribution in [0.15, 0.2) is 0 Å². The maximum absolute atomic E-state index is 10.5. The highest BCUT2D eigenvalue weighted by atomic mass is 128. The largest absolute Gasteiger partial charge is 0.478 e. The van der Waals surface area contributed by atoms with E-state index >= 15 is 0 Å². The number of likely N-dealkylation sites (tertiary alicyclic amines) is 1. The van der Waals surface area contributed by atoms with Crippen molar-refractivity contribution in [1.29, 1.82) is 0 Å². The average Bonchev–Trinajstić information content (AvgIpc) is 2.21. The number of nitrogens with zero attached hydrogens (tertiary/aromatic N) is 1. The second-order valence-corrected chi connectivity index (χ2v) is 2.05. The Kier molecular flexibility index (Phi) is 11.9. The monoisotopic (exact) mass is 429 g/mol. The van der Waals surface area contributed by atoms with E-state index in [0.29, 0.717) is 13.0 Å². The number of amides is 1. The van der Waals surface area contributed by atoms with Crippen molar-refractivity contribution in [2.24, 2.45) is 0 Å². The quantitative estimate of drug-likeness (QED) is 0.515. The van der Waals surface area contributed by atoms with Crippen molar-refractivity contribution in [1.82, 2.24) is 4.90 Å². The first-order chi connectivity index (χ1) is 6.63. The van der Waals surface area contributed by atoms with E-state index in [1.807, 2.05) is 13.8 Å². The van der Waals surface area contributed by atoms with Crippen LogP contribution >= 0.6 is 37.2 Å². The Labute approximate surface area is 106 Å². The molecule has 1 saturated heterocycles. The van der Waals surface area contributed by atoms with Gasteiger partial charge >= 0.3 is 5.97 Å². The van der Waals surface area contributed by atoms with Gasteiger partial charge in [-0.25, -0.2) is 4.79 Å². The Hall–Kier alpha value is 0.360. The molecule has 0 aromatic heterocycles. The summed E-state index contributed by atoms with van der Waals surface area (Å²) in [6.45, 7) is 4.34. The summed E-state index contributed by atoms with van der Waals surface area (Å²) in [7, 11) is 0. The number of β-lactam (4-membered cyclic amide) rings is 1. The maximum Gasteiger partial charge on any atom is 0.354 e. The lowest BCUT2D eigenvalue weighted by atomic mass is 10.2. The second kappa shape index (κ2) is 9.90. The Morgan fingerprint density at radius 2 is 1.93 bits per heavy atom. The lowest BCUT2D eigenvalue weighted by molar-refractivity contribution is -0.172. The fraction of sp³-hybridized carbons (Fsp3) is 0.714. The number of carboxylic acid groups (broad SMARTS) is 1. The number of hydrogen-bond acceptors (Lipinski definition) is 3. The molecule has 0 aromatic rings. The van der Waals surface area contributed by atoms with E-state index in [0.717, 1.165) is 4.90 Å². The van der Waals surface area contributed by atoms with Crippen molar-refractivity contribution in [3.05, 3.63) is 0 Å². The lowest BCUT2D eigenvalue weighted by Gasteiger charge is -2.32. The summed E-state index contributed by atoms with van der Waals surface area (Å²) >= 11 is 4.24. The van der Waals surface area contributed by atoms with E-state index in [-0.39, 0.29) is 5.91 Å². The molecule has 84 valence electrons. The number of aliphatic hydroxyl groups is 1. The summed E-state index contributed by atoms with van der Waals surface area (Å²) in [5.41, 5.74) is 0. The van der Waals surface area contributed by atoms with Gasteiger partial charge in [0, 0.05) is 50.2 Å². The molecule has 0 bridgehead atoms. The molecule has 1 aliphatic heterocycles. The third-order valence-electron chi connectivity index (χ3n) is 1.40.